The molecule has 1 fully saturated rings. The Morgan fingerprint density at radius 2 is 2.12 bits per heavy atom. The van der Waals surface area contributed by atoms with Crippen LogP contribution in [0.1, 0.15) is 26.2 Å². The number of carbonyl (C=O) groups is 2. The van der Waals surface area contributed by atoms with Crippen molar-refractivity contribution < 1.29 is 14.7 Å². The molecule has 1 atom stereocenters. The van der Waals surface area contributed by atoms with Crippen LogP contribution in [-0.4, -0.2) is 41.1 Å². The molecule has 1 saturated heterocycles. The Bertz CT molecular complexity index is 296. The third-order valence-electron chi connectivity index (χ3n) is 3.07. The molecule has 0 spiro atoms. The predicted octanol–water partition coefficient (Wildman–Crippen LogP) is 1.46. The van der Waals surface area contributed by atoms with Crippen LogP contribution in [0.25, 0.3) is 0 Å². The topological polar surface area (TPSA) is 69.6 Å². The molecule has 0 radical (unpaired) electrons. The van der Waals surface area contributed by atoms with E-state index in [0.717, 1.165) is 12.8 Å². The van der Waals surface area contributed by atoms with Gasteiger partial charge in [-0.15, -0.1) is 6.58 Å². The summed E-state index contributed by atoms with van der Waals surface area (Å²) in [5, 5.41) is 11.5. The van der Waals surface area contributed by atoms with Crippen molar-refractivity contribution in [2.45, 2.75) is 32.2 Å². The number of carboxylic acid groups (broad SMARTS) is 1. The van der Waals surface area contributed by atoms with Crippen molar-refractivity contribution in [2.24, 2.45) is 5.92 Å². The molecule has 2 amide bonds. The van der Waals surface area contributed by atoms with E-state index in [1.165, 1.54) is 0 Å². The van der Waals surface area contributed by atoms with E-state index < -0.39 is 5.97 Å². The molecule has 1 unspecified atom stereocenters. The van der Waals surface area contributed by atoms with Gasteiger partial charge in [0.15, 0.2) is 0 Å². The summed E-state index contributed by atoms with van der Waals surface area (Å²) in [6.45, 7) is 6.73. The van der Waals surface area contributed by atoms with Crippen molar-refractivity contribution >= 4 is 12.0 Å². The standard InChI is InChI=1S/C12H20N2O3/c1-3-9(2)13-12(17)14-6-4-10(5-7-14)8-11(15)16/h3,9-10H,1,4-8H2,2H3,(H,13,17)(H,15,16). The molecule has 5 heteroatoms. The van der Waals surface area contributed by atoms with Gasteiger partial charge in [0.05, 0.1) is 0 Å². The van der Waals surface area contributed by atoms with Crippen molar-refractivity contribution in [3.63, 3.8) is 0 Å². The number of hydrogen-bond donors (Lipinski definition) is 2. The molecule has 17 heavy (non-hydrogen) atoms. The minimum atomic E-state index is -0.756. The molecule has 1 aliphatic heterocycles. The van der Waals surface area contributed by atoms with Crippen molar-refractivity contribution in [3.8, 4) is 0 Å². The molecule has 1 aliphatic rings. The van der Waals surface area contributed by atoms with E-state index in [1.54, 1.807) is 11.0 Å². The summed E-state index contributed by atoms with van der Waals surface area (Å²) in [4.78, 5) is 24.0. The fraction of sp³-hybridized carbons (Fsp3) is 0.667. The van der Waals surface area contributed by atoms with Crippen LogP contribution in [0.2, 0.25) is 0 Å². The zero-order chi connectivity index (χ0) is 12.8. The van der Waals surface area contributed by atoms with E-state index in [0.29, 0.717) is 13.1 Å². The Morgan fingerprint density at radius 3 is 2.59 bits per heavy atom. The highest BCUT2D eigenvalue weighted by atomic mass is 16.4. The van der Waals surface area contributed by atoms with Gasteiger partial charge in [0.2, 0.25) is 0 Å². The van der Waals surface area contributed by atoms with E-state index in [4.69, 9.17) is 5.11 Å². The lowest BCUT2D eigenvalue weighted by Crippen LogP contribution is -2.46. The summed E-state index contributed by atoms with van der Waals surface area (Å²) in [5.74, 6) is -0.554. The summed E-state index contributed by atoms with van der Waals surface area (Å²) in [6.07, 6.45) is 3.41. The van der Waals surface area contributed by atoms with Crippen LogP contribution in [0, 0.1) is 5.92 Å². The van der Waals surface area contributed by atoms with Gasteiger partial charge in [-0.1, -0.05) is 6.08 Å². The highest BCUT2D eigenvalue weighted by molar-refractivity contribution is 5.74. The Kier molecular flexibility index (Phi) is 5.00. The van der Waals surface area contributed by atoms with Crippen molar-refractivity contribution in [2.75, 3.05) is 13.1 Å². The van der Waals surface area contributed by atoms with Crippen LogP contribution in [-0.2, 0) is 4.79 Å². The molecule has 1 heterocycles. The van der Waals surface area contributed by atoms with Gasteiger partial charge in [-0.05, 0) is 25.7 Å². The molecule has 1 rings (SSSR count). The number of piperidine rings is 1. The summed E-state index contributed by atoms with van der Waals surface area (Å²) in [6, 6.07) is -0.134. The number of hydrogen-bond acceptors (Lipinski definition) is 2. The number of carbonyl (C=O) groups excluding carboxylic acids is 1. The maximum Gasteiger partial charge on any atom is 0.317 e. The molecule has 0 bridgehead atoms. The van der Waals surface area contributed by atoms with Crippen LogP contribution in [0.4, 0.5) is 4.79 Å². The predicted molar refractivity (Wildman–Crippen MR) is 64.7 cm³/mol. The smallest absolute Gasteiger partial charge is 0.317 e. The average molecular weight is 240 g/mol. The number of nitrogens with one attached hydrogen (secondary N) is 1. The van der Waals surface area contributed by atoms with E-state index in [9.17, 15) is 9.59 Å². The van der Waals surface area contributed by atoms with Gasteiger partial charge >= 0.3 is 12.0 Å². The second-order valence-corrected chi connectivity index (χ2v) is 4.50. The summed E-state index contributed by atoms with van der Waals surface area (Å²) < 4.78 is 0. The number of likely N-dealkylation sites (tertiary alicyclic amines) is 1. The fourth-order valence-electron chi connectivity index (χ4n) is 1.93. The highest BCUT2D eigenvalue weighted by Crippen LogP contribution is 2.20. The Morgan fingerprint density at radius 1 is 1.53 bits per heavy atom. The van der Waals surface area contributed by atoms with Gasteiger partial charge in [0, 0.05) is 25.6 Å². The number of urea groups is 1. The zero-order valence-electron chi connectivity index (χ0n) is 10.2. The number of aliphatic carboxylic acids is 1. The van der Waals surface area contributed by atoms with Crippen molar-refractivity contribution in [3.05, 3.63) is 12.7 Å². The number of nitrogens with zero attached hydrogens (tertiary/aromatic N) is 1. The number of amides is 2. The van der Waals surface area contributed by atoms with Gasteiger partial charge in [-0.3, -0.25) is 4.79 Å². The summed E-state index contributed by atoms with van der Waals surface area (Å²) in [5.41, 5.74) is 0. The molecule has 0 aromatic heterocycles. The molecular weight excluding hydrogens is 220 g/mol. The zero-order valence-corrected chi connectivity index (χ0v) is 10.2. The molecule has 2 N–H and O–H groups in total. The minimum absolute atomic E-state index is 0.0424. The molecule has 0 aromatic rings. The van der Waals surface area contributed by atoms with E-state index in [2.05, 4.69) is 11.9 Å². The lowest BCUT2D eigenvalue weighted by molar-refractivity contribution is -0.138. The normalized spacial score (nSPS) is 18.5. The van der Waals surface area contributed by atoms with E-state index in [-0.39, 0.29) is 24.4 Å². The second-order valence-electron chi connectivity index (χ2n) is 4.50. The summed E-state index contributed by atoms with van der Waals surface area (Å²) >= 11 is 0. The lowest BCUT2D eigenvalue weighted by Gasteiger charge is -2.32. The summed E-state index contributed by atoms with van der Waals surface area (Å²) in [7, 11) is 0. The molecule has 0 saturated carbocycles. The fourth-order valence-corrected chi connectivity index (χ4v) is 1.93. The Balaban J connectivity index is 2.33. The van der Waals surface area contributed by atoms with Crippen LogP contribution < -0.4 is 5.32 Å². The van der Waals surface area contributed by atoms with Crippen molar-refractivity contribution in [1.29, 1.82) is 0 Å². The van der Waals surface area contributed by atoms with E-state index in [1.807, 2.05) is 6.92 Å². The molecule has 0 aliphatic carbocycles. The van der Waals surface area contributed by atoms with Crippen LogP contribution >= 0.6 is 0 Å². The monoisotopic (exact) mass is 240 g/mol. The van der Waals surface area contributed by atoms with Gasteiger partial charge in [-0.2, -0.15) is 0 Å². The first-order chi connectivity index (χ1) is 8.02. The van der Waals surface area contributed by atoms with Gasteiger partial charge in [0.25, 0.3) is 0 Å². The van der Waals surface area contributed by atoms with Crippen LogP contribution in [0.15, 0.2) is 12.7 Å². The number of rotatable bonds is 4. The maximum atomic E-state index is 11.7. The van der Waals surface area contributed by atoms with Gasteiger partial charge in [-0.25, -0.2) is 4.79 Å². The molecule has 5 nitrogen and oxygen atoms in total. The first-order valence-electron chi connectivity index (χ1n) is 5.92. The second kappa shape index (κ2) is 6.27. The average Bonchev–Trinajstić information content (AvgIpc) is 2.28. The van der Waals surface area contributed by atoms with Gasteiger partial charge in [0.1, 0.15) is 0 Å². The van der Waals surface area contributed by atoms with Crippen LogP contribution in [0.3, 0.4) is 0 Å². The molecule has 96 valence electrons. The van der Waals surface area contributed by atoms with Crippen molar-refractivity contribution in [1.82, 2.24) is 10.2 Å². The number of carboxylic acids is 1. The quantitative estimate of drug-likeness (QED) is 0.731. The third kappa shape index (κ3) is 4.46. The highest BCUT2D eigenvalue weighted by Gasteiger charge is 2.24. The van der Waals surface area contributed by atoms with E-state index >= 15 is 0 Å². The Labute approximate surface area is 101 Å². The third-order valence-corrected chi connectivity index (χ3v) is 3.07. The SMILES string of the molecule is C=CC(C)NC(=O)N1CCC(CC(=O)O)CC1. The largest absolute Gasteiger partial charge is 0.481 e. The minimum Gasteiger partial charge on any atom is -0.481 e. The van der Waals surface area contributed by atoms with Crippen LogP contribution in [0.5, 0.6) is 0 Å². The first kappa shape index (κ1) is 13.5. The molecule has 0 aromatic carbocycles. The Hall–Kier alpha value is -1.52. The molecular formula is C12H20N2O3. The maximum absolute atomic E-state index is 11.7. The first-order valence-corrected chi connectivity index (χ1v) is 5.92. The van der Waals surface area contributed by atoms with Gasteiger partial charge < -0.3 is 15.3 Å². The lowest BCUT2D eigenvalue weighted by atomic mass is 9.94.